The molecule has 9 heteroatoms. The molecule has 1 aliphatic heterocycles. The molecule has 124 valence electrons. The number of nitrogens with zero attached hydrogens (tertiary/aromatic N) is 2. The second-order valence-corrected chi connectivity index (χ2v) is 5.27. The number of rotatable bonds is 4. The van der Waals surface area contributed by atoms with E-state index in [1.807, 2.05) is 6.92 Å². The van der Waals surface area contributed by atoms with Crippen molar-refractivity contribution in [2.75, 3.05) is 10.6 Å². The summed E-state index contributed by atoms with van der Waals surface area (Å²) in [7, 11) is 0. The van der Waals surface area contributed by atoms with Crippen LogP contribution in [0.25, 0.3) is 0 Å². The highest BCUT2D eigenvalue weighted by atomic mass is 16.2. The first-order chi connectivity index (χ1) is 11.6. The van der Waals surface area contributed by atoms with Gasteiger partial charge < -0.3 is 10.6 Å². The fourth-order valence-electron chi connectivity index (χ4n) is 2.33. The molecule has 0 radical (unpaired) electrons. The van der Waals surface area contributed by atoms with Crippen LogP contribution in [0.4, 0.5) is 11.6 Å². The van der Waals surface area contributed by atoms with Crippen molar-refractivity contribution in [1.29, 1.82) is 0 Å². The summed E-state index contributed by atoms with van der Waals surface area (Å²) in [4.78, 5) is 40.5. The number of anilines is 2. The Bertz CT molecular complexity index is 800. The average Bonchev–Trinajstić information content (AvgIpc) is 2.97. The molecule has 0 fully saturated rings. The van der Waals surface area contributed by atoms with Gasteiger partial charge in [-0.15, -0.1) is 5.10 Å². The van der Waals surface area contributed by atoms with Gasteiger partial charge in [0.1, 0.15) is 11.9 Å². The van der Waals surface area contributed by atoms with Crippen LogP contribution in [0.2, 0.25) is 0 Å². The lowest BCUT2D eigenvalue weighted by molar-refractivity contribution is -0.122. The minimum Gasteiger partial charge on any atom is -0.340 e. The fourth-order valence-corrected chi connectivity index (χ4v) is 2.33. The molecule has 1 aromatic heterocycles. The predicted octanol–water partition coefficient (Wildman–Crippen LogP) is 0.446. The number of hydrogen-bond donors (Lipinski definition) is 4. The monoisotopic (exact) mass is 328 g/mol. The number of carbonyl (C=O) groups excluding carboxylic acids is 3. The van der Waals surface area contributed by atoms with Crippen molar-refractivity contribution < 1.29 is 14.4 Å². The molecule has 1 atom stereocenters. The molecular formula is C15H16N6O3. The van der Waals surface area contributed by atoms with E-state index >= 15 is 0 Å². The third-order valence-electron chi connectivity index (χ3n) is 3.56. The summed E-state index contributed by atoms with van der Waals surface area (Å²) >= 11 is 0. The number of H-pyrrole nitrogens is 1. The van der Waals surface area contributed by atoms with E-state index in [-0.39, 0.29) is 12.4 Å². The molecule has 3 amide bonds. The number of para-hydroxylation sites is 1. The molecule has 0 spiro atoms. The second kappa shape index (κ2) is 6.49. The molecule has 0 saturated heterocycles. The highest BCUT2D eigenvalue weighted by Crippen LogP contribution is 2.18. The van der Waals surface area contributed by atoms with Crippen molar-refractivity contribution in [1.82, 2.24) is 20.5 Å². The average molecular weight is 328 g/mol. The number of fused-ring (bicyclic) bond motifs is 1. The summed E-state index contributed by atoms with van der Waals surface area (Å²) in [6.45, 7) is 1.90. The third kappa shape index (κ3) is 3.24. The van der Waals surface area contributed by atoms with Gasteiger partial charge in [0.2, 0.25) is 17.8 Å². The number of aromatic amines is 1. The van der Waals surface area contributed by atoms with Crippen LogP contribution in [0.1, 0.15) is 29.5 Å². The number of benzene rings is 1. The molecule has 2 heterocycles. The van der Waals surface area contributed by atoms with Crippen molar-refractivity contribution in [2.24, 2.45) is 0 Å². The Hall–Kier alpha value is -3.23. The second-order valence-electron chi connectivity index (χ2n) is 5.27. The van der Waals surface area contributed by atoms with E-state index in [2.05, 4.69) is 31.1 Å². The zero-order valence-corrected chi connectivity index (χ0v) is 12.9. The lowest BCUT2D eigenvalue weighted by atomic mass is 10.1. The molecule has 3 rings (SSSR count). The molecule has 1 aliphatic rings. The quantitative estimate of drug-likeness (QED) is 0.647. The van der Waals surface area contributed by atoms with Crippen LogP contribution in [0.15, 0.2) is 24.3 Å². The Balaban J connectivity index is 1.68. The maximum Gasteiger partial charge on any atom is 0.254 e. The van der Waals surface area contributed by atoms with E-state index < -0.39 is 23.8 Å². The molecule has 0 bridgehead atoms. The summed E-state index contributed by atoms with van der Waals surface area (Å²) in [5.74, 6) is -0.551. The highest BCUT2D eigenvalue weighted by Gasteiger charge is 2.29. The van der Waals surface area contributed by atoms with E-state index in [1.165, 1.54) is 0 Å². The molecule has 9 nitrogen and oxygen atoms in total. The van der Waals surface area contributed by atoms with Gasteiger partial charge in [-0.1, -0.05) is 19.1 Å². The van der Waals surface area contributed by atoms with E-state index in [0.717, 1.165) is 0 Å². The van der Waals surface area contributed by atoms with Crippen LogP contribution >= 0.6 is 0 Å². The predicted molar refractivity (Wildman–Crippen MR) is 85.3 cm³/mol. The van der Waals surface area contributed by atoms with Crippen molar-refractivity contribution in [3.05, 3.63) is 35.7 Å². The topological polar surface area (TPSA) is 129 Å². The molecular weight excluding hydrogens is 312 g/mol. The minimum absolute atomic E-state index is 0.139. The summed E-state index contributed by atoms with van der Waals surface area (Å²) in [6.07, 6.45) is 0.434. The van der Waals surface area contributed by atoms with Gasteiger partial charge in [-0.05, 0) is 12.1 Å². The number of carbonyl (C=O) groups is 3. The van der Waals surface area contributed by atoms with Crippen LogP contribution in [0, 0.1) is 0 Å². The standard InChI is InChI=1S/C15H16N6O3/c1-2-11-18-15(21-20-11)19-12(22)7-10-14(24)16-9-6-4-3-5-8(9)13(23)17-10/h3-6,10H,2,7H2,1H3,(H,16,24)(H,17,23)(H2,18,19,20,21,22). The zero-order valence-electron chi connectivity index (χ0n) is 12.9. The van der Waals surface area contributed by atoms with Crippen molar-refractivity contribution in [2.45, 2.75) is 25.8 Å². The van der Waals surface area contributed by atoms with Crippen LogP contribution < -0.4 is 16.0 Å². The molecule has 0 aliphatic carbocycles. The van der Waals surface area contributed by atoms with Gasteiger partial charge in [0.15, 0.2) is 0 Å². The van der Waals surface area contributed by atoms with Gasteiger partial charge >= 0.3 is 0 Å². The number of nitrogens with one attached hydrogen (secondary N) is 4. The maximum absolute atomic E-state index is 12.2. The Labute approximate surface area is 137 Å². The van der Waals surface area contributed by atoms with Gasteiger partial charge in [-0.25, -0.2) is 0 Å². The van der Waals surface area contributed by atoms with Crippen LogP contribution in [0.3, 0.4) is 0 Å². The molecule has 1 aromatic carbocycles. The maximum atomic E-state index is 12.2. The van der Waals surface area contributed by atoms with Crippen molar-refractivity contribution >= 4 is 29.4 Å². The van der Waals surface area contributed by atoms with Gasteiger partial charge in [0.05, 0.1) is 17.7 Å². The molecule has 0 saturated carbocycles. The van der Waals surface area contributed by atoms with Crippen LogP contribution in [-0.4, -0.2) is 38.9 Å². The van der Waals surface area contributed by atoms with Crippen LogP contribution in [0.5, 0.6) is 0 Å². The summed E-state index contributed by atoms with van der Waals surface area (Å²) < 4.78 is 0. The molecule has 2 aromatic rings. The number of aryl methyl sites for hydroxylation is 1. The number of aromatic nitrogens is 3. The summed E-state index contributed by atoms with van der Waals surface area (Å²) in [5, 5.41) is 14.2. The van der Waals surface area contributed by atoms with Crippen molar-refractivity contribution in [3.8, 4) is 0 Å². The molecule has 4 N–H and O–H groups in total. The first-order valence-electron chi connectivity index (χ1n) is 7.48. The van der Waals surface area contributed by atoms with Gasteiger partial charge in [-0.2, -0.15) is 4.98 Å². The SMILES string of the molecule is CCc1nc(NC(=O)CC2NC(=O)c3ccccc3NC2=O)n[nH]1. The minimum atomic E-state index is -0.977. The number of hydrogen-bond acceptors (Lipinski definition) is 5. The Morgan fingerprint density at radius 2 is 2.08 bits per heavy atom. The highest BCUT2D eigenvalue weighted by molar-refractivity contribution is 6.11. The molecule has 1 unspecified atom stereocenters. The lowest BCUT2D eigenvalue weighted by Gasteiger charge is -2.13. The third-order valence-corrected chi connectivity index (χ3v) is 3.56. The Morgan fingerprint density at radius 1 is 1.29 bits per heavy atom. The Morgan fingerprint density at radius 3 is 2.83 bits per heavy atom. The van der Waals surface area contributed by atoms with E-state index in [1.54, 1.807) is 24.3 Å². The van der Waals surface area contributed by atoms with E-state index in [0.29, 0.717) is 23.5 Å². The first kappa shape index (κ1) is 15.7. The normalized spacial score (nSPS) is 16.6. The summed E-state index contributed by atoms with van der Waals surface area (Å²) in [5.41, 5.74) is 0.778. The first-order valence-corrected chi connectivity index (χ1v) is 7.48. The Kier molecular flexibility index (Phi) is 4.23. The van der Waals surface area contributed by atoms with Crippen LogP contribution in [-0.2, 0) is 16.0 Å². The smallest absolute Gasteiger partial charge is 0.254 e. The van der Waals surface area contributed by atoms with Gasteiger partial charge in [0, 0.05) is 6.42 Å². The zero-order chi connectivity index (χ0) is 17.1. The van der Waals surface area contributed by atoms with E-state index in [4.69, 9.17) is 0 Å². The van der Waals surface area contributed by atoms with Gasteiger partial charge in [0.25, 0.3) is 5.91 Å². The summed E-state index contributed by atoms with van der Waals surface area (Å²) in [6, 6.07) is 5.68. The largest absolute Gasteiger partial charge is 0.340 e. The molecule has 24 heavy (non-hydrogen) atoms. The fraction of sp³-hybridized carbons (Fsp3) is 0.267. The van der Waals surface area contributed by atoms with E-state index in [9.17, 15) is 14.4 Å². The lowest BCUT2D eigenvalue weighted by Crippen LogP contribution is -2.43. The number of amides is 3. The van der Waals surface area contributed by atoms with Crippen molar-refractivity contribution in [3.63, 3.8) is 0 Å². The van der Waals surface area contributed by atoms with Gasteiger partial charge in [-0.3, -0.25) is 24.8 Å².